The van der Waals surface area contributed by atoms with Crippen LogP contribution < -0.4 is 14.8 Å². The summed E-state index contributed by atoms with van der Waals surface area (Å²) in [5.74, 6) is 1.58. The van der Waals surface area contributed by atoms with E-state index < -0.39 is 0 Å². The predicted octanol–water partition coefficient (Wildman–Crippen LogP) is 4.15. The fourth-order valence-electron chi connectivity index (χ4n) is 2.33. The molecule has 0 fully saturated rings. The molecule has 0 amide bonds. The molecule has 1 N–H and O–H groups in total. The topological polar surface area (TPSA) is 43.6 Å². The van der Waals surface area contributed by atoms with Crippen molar-refractivity contribution in [2.24, 2.45) is 0 Å². The van der Waals surface area contributed by atoms with E-state index in [1.165, 1.54) is 0 Å². The van der Waals surface area contributed by atoms with Crippen LogP contribution in [0.3, 0.4) is 0 Å². The van der Waals surface area contributed by atoms with Crippen molar-refractivity contribution in [1.29, 1.82) is 0 Å². The molecule has 0 radical (unpaired) electrons. The zero-order valence-corrected chi connectivity index (χ0v) is 14.1. The summed E-state index contributed by atoms with van der Waals surface area (Å²) in [5, 5.41) is 3.53. The number of furan rings is 1. The van der Waals surface area contributed by atoms with Gasteiger partial charge < -0.3 is 19.2 Å². The van der Waals surface area contributed by atoms with Gasteiger partial charge in [0.1, 0.15) is 11.5 Å². The molecule has 0 aliphatic carbocycles. The number of rotatable bonds is 7. The van der Waals surface area contributed by atoms with Crippen molar-refractivity contribution >= 4 is 15.9 Å². The molecular formula is C16H20BrNO3. The van der Waals surface area contributed by atoms with E-state index in [1.54, 1.807) is 20.5 Å². The van der Waals surface area contributed by atoms with Gasteiger partial charge in [0.25, 0.3) is 0 Å². The number of benzene rings is 1. The molecule has 0 spiro atoms. The summed E-state index contributed by atoms with van der Waals surface area (Å²) >= 11 is 3.46. The molecule has 1 aromatic heterocycles. The maximum Gasteiger partial charge on any atom is 0.174 e. The molecule has 1 aromatic carbocycles. The van der Waals surface area contributed by atoms with E-state index in [0.717, 1.165) is 35.6 Å². The summed E-state index contributed by atoms with van der Waals surface area (Å²) in [4.78, 5) is 0. The lowest BCUT2D eigenvalue weighted by Gasteiger charge is -2.23. The van der Waals surface area contributed by atoms with Crippen LogP contribution in [-0.4, -0.2) is 20.8 Å². The zero-order chi connectivity index (χ0) is 15.2. The molecule has 2 rings (SSSR count). The van der Waals surface area contributed by atoms with Crippen molar-refractivity contribution in [3.05, 3.63) is 46.3 Å². The molecule has 0 aliphatic heterocycles. The van der Waals surface area contributed by atoms with Gasteiger partial charge in [0.15, 0.2) is 4.67 Å². The molecule has 0 saturated heterocycles. The second-order valence-electron chi connectivity index (χ2n) is 4.61. The van der Waals surface area contributed by atoms with Gasteiger partial charge in [0.05, 0.1) is 32.1 Å². The maximum atomic E-state index is 5.52. The fraction of sp³-hybridized carbons (Fsp3) is 0.375. The first-order chi connectivity index (χ1) is 10.2. The first-order valence-electron chi connectivity index (χ1n) is 6.90. The van der Waals surface area contributed by atoms with Gasteiger partial charge in [0, 0.05) is 5.56 Å². The summed E-state index contributed by atoms with van der Waals surface area (Å²) in [5.41, 5.74) is 1.99. The van der Waals surface area contributed by atoms with Gasteiger partial charge in [-0.25, -0.2) is 0 Å². The van der Waals surface area contributed by atoms with Crippen molar-refractivity contribution in [1.82, 2.24) is 5.32 Å². The van der Waals surface area contributed by atoms with Crippen molar-refractivity contribution in [3.63, 3.8) is 0 Å². The minimum Gasteiger partial charge on any atom is -0.496 e. The highest BCUT2D eigenvalue weighted by molar-refractivity contribution is 9.10. The molecule has 5 heteroatoms. The molecule has 0 saturated carbocycles. The van der Waals surface area contributed by atoms with Crippen LogP contribution in [-0.2, 0) is 0 Å². The average Bonchev–Trinajstić information content (AvgIpc) is 2.93. The summed E-state index contributed by atoms with van der Waals surface area (Å²) in [6.45, 7) is 3.01. The SMILES string of the molecule is CCCNC(c1ccoc1Br)c1c(OC)cccc1OC. The van der Waals surface area contributed by atoms with Crippen LogP contribution in [0, 0.1) is 0 Å². The highest BCUT2D eigenvalue weighted by atomic mass is 79.9. The molecule has 21 heavy (non-hydrogen) atoms. The summed E-state index contributed by atoms with van der Waals surface area (Å²) < 4.78 is 17.1. The van der Waals surface area contributed by atoms with Gasteiger partial charge in [-0.1, -0.05) is 13.0 Å². The smallest absolute Gasteiger partial charge is 0.174 e. The van der Waals surface area contributed by atoms with Crippen LogP contribution in [0.5, 0.6) is 11.5 Å². The van der Waals surface area contributed by atoms with E-state index in [0.29, 0.717) is 4.67 Å². The Morgan fingerprint density at radius 3 is 2.33 bits per heavy atom. The van der Waals surface area contributed by atoms with E-state index >= 15 is 0 Å². The van der Waals surface area contributed by atoms with Crippen LogP contribution in [0.15, 0.2) is 39.6 Å². The molecular weight excluding hydrogens is 334 g/mol. The Labute approximate surface area is 133 Å². The molecule has 114 valence electrons. The summed E-state index contributed by atoms with van der Waals surface area (Å²) in [7, 11) is 3.33. The van der Waals surface area contributed by atoms with E-state index in [9.17, 15) is 0 Å². The van der Waals surface area contributed by atoms with Crippen LogP contribution in [0.2, 0.25) is 0 Å². The van der Waals surface area contributed by atoms with E-state index in [1.807, 2.05) is 24.3 Å². The maximum absolute atomic E-state index is 5.52. The summed E-state index contributed by atoms with van der Waals surface area (Å²) in [6.07, 6.45) is 2.70. The van der Waals surface area contributed by atoms with Crippen molar-refractivity contribution < 1.29 is 13.9 Å². The molecule has 1 unspecified atom stereocenters. The third-order valence-corrected chi connectivity index (χ3v) is 3.95. The molecule has 1 atom stereocenters. The quantitative estimate of drug-likeness (QED) is 0.811. The Morgan fingerprint density at radius 2 is 1.86 bits per heavy atom. The first-order valence-corrected chi connectivity index (χ1v) is 7.69. The minimum absolute atomic E-state index is 0.0656. The molecule has 0 aliphatic rings. The van der Waals surface area contributed by atoms with Gasteiger partial charge in [0.2, 0.25) is 0 Å². The third-order valence-electron chi connectivity index (χ3n) is 3.31. The van der Waals surface area contributed by atoms with Crippen LogP contribution in [0.25, 0.3) is 0 Å². The van der Waals surface area contributed by atoms with Crippen LogP contribution >= 0.6 is 15.9 Å². The second kappa shape index (κ2) is 7.52. The number of halogens is 1. The monoisotopic (exact) mass is 353 g/mol. The minimum atomic E-state index is -0.0656. The number of nitrogens with one attached hydrogen (secondary N) is 1. The van der Waals surface area contributed by atoms with Crippen molar-refractivity contribution in [2.45, 2.75) is 19.4 Å². The van der Waals surface area contributed by atoms with Crippen LogP contribution in [0.1, 0.15) is 30.5 Å². The van der Waals surface area contributed by atoms with Crippen molar-refractivity contribution in [2.75, 3.05) is 20.8 Å². The van der Waals surface area contributed by atoms with E-state index in [-0.39, 0.29) is 6.04 Å². The summed E-state index contributed by atoms with van der Waals surface area (Å²) in [6, 6.07) is 7.68. The number of methoxy groups -OCH3 is 2. The lowest BCUT2D eigenvalue weighted by Crippen LogP contribution is -2.24. The van der Waals surface area contributed by atoms with Gasteiger partial charge in [-0.05, 0) is 47.1 Å². The van der Waals surface area contributed by atoms with Crippen LogP contribution in [0.4, 0.5) is 0 Å². The molecule has 4 nitrogen and oxygen atoms in total. The predicted molar refractivity (Wildman–Crippen MR) is 86.1 cm³/mol. The highest BCUT2D eigenvalue weighted by Gasteiger charge is 2.25. The highest BCUT2D eigenvalue weighted by Crippen LogP contribution is 2.39. The van der Waals surface area contributed by atoms with Gasteiger partial charge in [-0.15, -0.1) is 0 Å². The van der Waals surface area contributed by atoms with Gasteiger partial charge >= 0.3 is 0 Å². The number of hydrogen-bond donors (Lipinski definition) is 1. The van der Waals surface area contributed by atoms with Crippen molar-refractivity contribution in [3.8, 4) is 11.5 Å². The van der Waals surface area contributed by atoms with Gasteiger partial charge in [-0.2, -0.15) is 0 Å². The second-order valence-corrected chi connectivity index (χ2v) is 5.33. The van der Waals surface area contributed by atoms with E-state index in [4.69, 9.17) is 13.9 Å². The lowest BCUT2D eigenvalue weighted by molar-refractivity contribution is 0.376. The fourth-order valence-corrected chi connectivity index (χ4v) is 2.80. The van der Waals surface area contributed by atoms with E-state index in [2.05, 4.69) is 28.2 Å². The first kappa shape index (κ1) is 15.9. The number of ether oxygens (including phenoxy) is 2. The third kappa shape index (κ3) is 3.41. The Balaban J connectivity index is 2.53. The Hall–Kier alpha value is -1.46. The Bertz CT molecular complexity index is 560. The zero-order valence-electron chi connectivity index (χ0n) is 12.5. The molecule has 2 aromatic rings. The number of hydrogen-bond acceptors (Lipinski definition) is 4. The largest absolute Gasteiger partial charge is 0.496 e. The average molecular weight is 354 g/mol. The molecule has 1 heterocycles. The van der Waals surface area contributed by atoms with Gasteiger partial charge in [-0.3, -0.25) is 0 Å². The lowest BCUT2D eigenvalue weighted by atomic mass is 9.98. The molecule has 0 bridgehead atoms. The Kier molecular flexibility index (Phi) is 5.70. The Morgan fingerprint density at radius 1 is 1.19 bits per heavy atom. The normalized spacial score (nSPS) is 12.2. The standard InChI is InChI=1S/C16H20BrNO3/c1-4-9-18-15(11-8-10-21-16(11)17)14-12(19-2)6-5-7-13(14)20-3/h5-8,10,15,18H,4,9H2,1-3H3.